The number of aliphatic carboxylic acids is 1. The van der Waals surface area contributed by atoms with Crippen molar-refractivity contribution in [2.75, 3.05) is 32.8 Å². The Hall–Kier alpha value is -0.0700. The number of nitrogens with zero attached hydrogens (tertiary/aromatic N) is 1. The molecule has 0 N–H and O–H groups in total. The molecule has 18 heavy (non-hydrogen) atoms. The van der Waals surface area contributed by atoms with Crippen LogP contribution in [0.1, 0.15) is 13.8 Å². The van der Waals surface area contributed by atoms with Gasteiger partial charge < -0.3 is 31.5 Å². The third-order valence-electron chi connectivity index (χ3n) is 2.78. The first-order valence-electron chi connectivity index (χ1n) is 5.33. The van der Waals surface area contributed by atoms with E-state index in [0.29, 0.717) is 24.1 Å². The van der Waals surface area contributed by atoms with Crippen LogP contribution in [-0.4, -0.2) is 49.2 Å². The maximum Gasteiger partial charge on any atom is 1.00 e. The molecule has 0 aliphatic carbocycles. The molecule has 0 heterocycles. The third kappa shape index (κ3) is 8.94. The van der Waals surface area contributed by atoms with E-state index < -0.39 is 11.9 Å². The van der Waals surface area contributed by atoms with Gasteiger partial charge in [0.2, 0.25) is 0 Å². The fourth-order valence-electron chi connectivity index (χ4n) is 1.52. The van der Waals surface area contributed by atoms with Gasteiger partial charge in [0.25, 0.3) is 0 Å². The van der Waals surface area contributed by atoms with Gasteiger partial charge in [0.05, 0.1) is 19.1 Å². The van der Waals surface area contributed by atoms with Gasteiger partial charge >= 0.3 is 35.5 Å². The Morgan fingerprint density at radius 1 is 1.33 bits per heavy atom. The summed E-state index contributed by atoms with van der Waals surface area (Å²) in [5, 5.41) is 10.6. The summed E-state index contributed by atoms with van der Waals surface area (Å²) >= 11 is 0. The van der Waals surface area contributed by atoms with Crippen molar-refractivity contribution in [3.63, 3.8) is 0 Å². The number of carbonyl (C=O) groups excluding carboxylic acids is 2. The van der Waals surface area contributed by atoms with E-state index in [2.05, 4.69) is 6.58 Å². The Kier molecular flexibility index (Phi) is 15.4. The zero-order valence-electron chi connectivity index (χ0n) is 11.3. The van der Waals surface area contributed by atoms with Gasteiger partial charge in [-0.3, -0.25) is 0 Å². The second-order valence-electron chi connectivity index (χ2n) is 3.60. The van der Waals surface area contributed by atoms with Crippen molar-refractivity contribution in [2.24, 2.45) is 0 Å². The van der Waals surface area contributed by atoms with E-state index in [-0.39, 0.29) is 55.1 Å². The first-order valence-corrected chi connectivity index (χ1v) is 5.33. The van der Waals surface area contributed by atoms with Gasteiger partial charge in [0, 0.05) is 6.08 Å². The summed E-state index contributed by atoms with van der Waals surface area (Å²) in [5.74, 6) is -1.57. The molecule has 0 fully saturated rings. The second kappa shape index (κ2) is 12.0. The van der Waals surface area contributed by atoms with Crippen LogP contribution >= 0.6 is 0 Å². The molecule has 0 saturated carbocycles. The molecular weight excluding hydrogens is 269 g/mol. The van der Waals surface area contributed by atoms with Crippen molar-refractivity contribution in [1.29, 1.82) is 0 Å². The number of hydrogen-bond donors (Lipinski definition) is 0. The molecule has 0 radical (unpaired) electrons. The van der Waals surface area contributed by atoms with Crippen LogP contribution in [0.3, 0.4) is 0 Å². The minimum atomic E-state index is -1.08. The van der Waals surface area contributed by atoms with Crippen LogP contribution < -0.4 is 47.1 Å². The van der Waals surface area contributed by atoms with Crippen LogP contribution in [0.15, 0.2) is 12.7 Å². The standard InChI is InChI=1S/C11H19NO4.ClH.Na/c1-4-11(15)16-8-7-12(5-2,6-3)9-10(13)14;;/h4H,1,5-9H2,2-3H3;1H;/q;;+1/p-1. The number of quaternary nitrogens is 1. The molecule has 100 valence electrons. The van der Waals surface area contributed by atoms with Crippen molar-refractivity contribution in [3.05, 3.63) is 12.7 Å². The number of carboxylic acids is 1. The molecule has 0 amide bonds. The van der Waals surface area contributed by atoms with Crippen molar-refractivity contribution in [2.45, 2.75) is 13.8 Å². The first-order chi connectivity index (χ1) is 7.49. The SMILES string of the molecule is C=CC(=O)OCC[N+](CC)(CC)CC(=O)[O-].[Cl-].[Na+]. The number of halogens is 1. The third-order valence-corrected chi connectivity index (χ3v) is 2.78. The van der Waals surface area contributed by atoms with E-state index >= 15 is 0 Å². The maximum atomic E-state index is 10.8. The van der Waals surface area contributed by atoms with E-state index in [4.69, 9.17) is 4.74 Å². The summed E-state index contributed by atoms with van der Waals surface area (Å²) < 4.78 is 5.20. The van der Waals surface area contributed by atoms with Crippen molar-refractivity contribution in [1.82, 2.24) is 0 Å². The number of hydrogen-bond acceptors (Lipinski definition) is 4. The number of esters is 1. The van der Waals surface area contributed by atoms with Crippen molar-refractivity contribution >= 4 is 11.9 Å². The Labute approximate surface area is 136 Å². The van der Waals surface area contributed by atoms with E-state index in [1.807, 2.05) is 13.8 Å². The monoisotopic (exact) mass is 287 g/mol. The minimum absolute atomic E-state index is 0. The fourth-order valence-corrected chi connectivity index (χ4v) is 1.52. The van der Waals surface area contributed by atoms with Crippen LogP contribution in [-0.2, 0) is 14.3 Å². The van der Waals surface area contributed by atoms with Gasteiger partial charge in [0.1, 0.15) is 19.7 Å². The maximum absolute atomic E-state index is 10.8. The number of ether oxygens (including phenoxy) is 1. The molecule has 0 aromatic rings. The molecule has 0 saturated heterocycles. The van der Waals surface area contributed by atoms with Crippen molar-refractivity contribution < 1.29 is 65.9 Å². The molecule has 0 aromatic carbocycles. The van der Waals surface area contributed by atoms with Gasteiger partial charge in [-0.1, -0.05) is 6.58 Å². The van der Waals surface area contributed by atoms with Gasteiger partial charge in [-0.05, 0) is 13.8 Å². The molecule has 0 aromatic heterocycles. The number of rotatable bonds is 8. The smallest absolute Gasteiger partial charge is 1.00 e. The Morgan fingerprint density at radius 3 is 2.17 bits per heavy atom. The van der Waals surface area contributed by atoms with Gasteiger partial charge in [-0.25, -0.2) is 4.79 Å². The normalized spacial score (nSPS) is 9.67. The molecule has 0 rings (SSSR count). The zero-order valence-corrected chi connectivity index (χ0v) is 14.0. The average Bonchev–Trinajstić information content (AvgIpc) is 2.26. The number of likely N-dealkylation sites (N-methyl/N-ethyl adjacent to an activating group) is 1. The van der Waals surface area contributed by atoms with Gasteiger partial charge in [0.15, 0.2) is 0 Å². The summed E-state index contributed by atoms with van der Waals surface area (Å²) in [6.07, 6.45) is 1.09. The minimum Gasteiger partial charge on any atom is -1.00 e. The summed E-state index contributed by atoms with van der Waals surface area (Å²) in [6, 6.07) is 0. The zero-order chi connectivity index (χ0) is 12.6. The summed E-state index contributed by atoms with van der Waals surface area (Å²) in [6.45, 7) is 9.03. The largest absolute Gasteiger partial charge is 1.00 e. The first kappa shape index (κ1) is 23.1. The predicted molar refractivity (Wildman–Crippen MR) is 57.2 cm³/mol. The second-order valence-corrected chi connectivity index (χ2v) is 3.60. The molecule has 0 atom stereocenters. The quantitative estimate of drug-likeness (QED) is 0.193. The Bertz CT molecular complexity index is 270. The van der Waals surface area contributed by atoms with Crippen LogP contribution in [0.25, 0.3) is 0 Å². The van der Waals surface area contributed by atoms with Gasteiger partial charge in [-0.2, -0.15) is 0 Å². The Morgan fingerprint density at radius 2 is 1.83 bits per heavy atom. The summed E-state index contributed by atoms with van der Waals surface area (Å²) in [4.78, 5) is 21.5. The number of carbonyl (C=O) groups is 2. The van der Waals surface area contributed by atoms with Crippen LogP contribution in [0.2, 0.25) is 0 Å². The fraction of sp³-hybridized carbons (Fsp3) is 0.636. The van der Waals surface area contributed by atoms with E-state index in [1.54, 1.807) is 0 Å². The topological polar surface area (TPSA) is 66.4 Å². The van der Waals surface area contributed by atoms with Crippen molar-refractivity contribution in [3.8, 4) is 0 Å². The molecule has 0 aliphatic heterocycles. The van der Waals surface area contributed by atoms with Crippen LogP contribution in [0.5, 0.6) is 0 Å². The molecule has 0 spiro atoms. The summed E-state index contributed by atoms with van der Waals surface area (Å²) in [7, 11) is 0. The van der Waals surface area contributed by atoms with Gasteiger partial charge in [-0.15, -0.1) is 0 Å². The van der Waals surface area contributed by atoms with Crippen LogP contribution in [0.4, 0.5) is 0 Å². The summed E-state index contributed by atoms with van der Waals surface area (Å²) in [5.41, 5.74) is 0. The molecule has 7 heteroatoms. The van der Waals surface area contributed by atoms with Crippen LogP contribution in [0, 0.1) is 0 Å². The molecule has 0 bridgehead atoms. The van der Waals surface area contributed by atoms with E-state index in [9.17, 15) is 14.7 Å². The molecule has 5 nitrogen and oxygen atoms in total. The number of carboxylic acid groups (broad SMARTS) is 1. The molecule has 0 unspecified atom stereocenters. The van der Waals surface area contributed by atoms with E-state index in [1.165, 1.54) is 0 Å². The Balaban J connectivity index is -0.00000112. The average molecular weight is 288 g/mol. The predicted octanol–water partition coefficient (Wildman–Crippen LogP) is -6.67. The molecular formula is C11H19ClNNaO4. The van der Waals surface area contributed by atoms with E-state index in [0.717, 1.165) is 6.08 Å². The molecule has 0 aliphatic rings.